The van der Waals surface area contributed by atoms with Crippen molar-refractivity contribution in [3.05, 3.63) is 0 Å². The first-order chi connectivity index (χ1) is 14.1. The predicted molar refractivity (Wildman–Crippen MR) is 106 cm³/mol. The summed E-state index contributed by atoms with van der Waals surface area (Å²) < 4.78 is 6.77. The summed E-state index contributed by atoms with van der Waals surface area (Å²) >= 11 is 0. The molecule has 162 valence electrons. The summed E-state index contributed by atoms with van der Waals surface area (Å²) in [5.41, 5.74) is 0. The molecular formula is C23H36N2O4. The quantitative estimate of drug-likeness (QED) is 0.666. The van der Waals surface area contributed by atoms with Crippen LogP contribution in [0.4, 0.5) is 0 Å². The fraction of sp³-hybridized carbons (Fsp3) is 0.957. The van der Waals surface area contributed by atoms with Crippen LogP contribution in [-0.4, -0.2) is 37.1 Å². The van der Waals surface area contributed by atoms with Gasteiger partial charge in [0, 0.05) is 31.2 Å². The lowest BCUT2D eigenvalue weighted by Gasteiger charge is -2.57. The molecule has 0 unspecified atom stereocenters. The van der Waals surface area contributed by atoms with Crippen LogP contribution < -0.4 is 10.6 Å². The van der Waals surface area contributed by atoms with Gasteiger partial charge < -0.3 is 15.4 Å². The molecule has 1 heterocycles. The van der Waals surface area contributed by atoms with E-state index in [4.69, 9.17) is 14.5 Å². The number of rotatable bonds is 6. The Morgan fingerprint density at radius 2 is 1.48 bits per heavy atom. The van der Waals surface area contributed by atoms with Gasteiger partial charge >= 0.3 is 0 Å². The van der Waals surface area contributed by atoms with E-state index in [0.29, 0.717) is 24.3 Å². The van der Waals surface area contributed by atoms with E-state index in [2.05, 4.69) is 10.6 Å². The Morgan fingerprint density at radius 1 is 0.828 bits per heavy atom. The van der Waals surface area contributed by atoms with Crippen LogP contribution >= 0.6 is 0 Å². The van der Waals surface area contributed by atoms with Crippen LogP contribution in [0.15, 0.2) is 0 Å². The second-order valence-corrected chi connectivity index (χ2v) is 11.0. The van der Waals surface area contributed by atoms with Crippen molar-refractivity contribution in [1.29, 1.82) is 0 Å². The fourth-order valence-corrected chi connectivity index (χ4v) is 7.15. The Hall–Kier alpha value is -0.690. The molecule has 0 aromatic carbocycles. The van der Waals surface area contributed by atoms with Gasteiger partial charge in [-0.15, -0.1) is 0 Å². The molecule has 0 radical (unpaired) electrons. The molecule has 0 aromatic rings. The lowest BCUT2D eigenvalue weighted by molar-refractivity contribution is -0.390. The topological polar surface area (TPSA) is 68.8 Å². The van der Waals surface area contributed by atoms with E-state index >= 15 is 0 Å². The molecule has 6 nitrogen and oxygen atoms in total. The second kappa shape index (κ2) is 7.18. The fourth-order valence-electron chi connectivity index (χ4n) is 7.15. The van der Waals surface area contributed by atoms with Crippen LogP contribution in [0.5, 0.6) is 0 Å². The van der Waals surface area contributed by atoms with Crippen LogP contribution in [-0.2, 0) is 19.3 Å². The summed E-state index contributed by atoms with van der Waals surface area (Å²) in [7, 11) is 0. The summed E-state index contributed by atoms with van der Waals surface area (Å²) in [5, 5.41) is 6.37. The lowest BCUT2D eigenvalue weighted by Crippen LogP contribution is -2.59. The van der Waals surface area contributed by atoms with E-state index in [1.807, 2.05) is 0 Å². The SMILES string of the molecule is O=C(CNCC1CC1)NC[C@H]1CC[C@]2(CC1)OO[C@]1(O2)C2CC3CC(C2)CC1C3. The zero-order valence-corrected chi connectivity index (χ0v) is 17.5. The van der Waals surface area contributed by atoms with E-state index in [9.17, 15) is 4.79 Å². The van der Waals surface area contributed by atoms with Gasteiger partial charge in [-0.1, -0.05) is 0 Å². The molecule has 29 heavy (non-hydrogen) atoms. The third-order valence-electron chi connectivity index (χ3n) is 8.82. The number of carbonyl (C=O) groups excluding carboxylic acids is 1. The van der Waals surface area contributed by atoms with Crippen molar-refractivity contribution in [2.24, 2.45) is 35.5 Å². The van der Waals surface area contributed by atoms with Gasteiger partial charge in [0.25, 0.3) is 0 Å². The Morgan fingerprint density at radius 3 is 2.14 bits per heavy atom. The Kier molecular flexibility index (Phi) is 4.71. The zero-order chi connectivity index (χ0) is 19.5. The molecule has 2 spiro atoms. The highest BCUT2D eigenvalue weighted by Crippen LogP contribution is 2.63. The summed E-state index contributed by atoms with van der Waals surface area (Å²) in [4.78, 5) is 24.1. The highest BCUT2D eigenvalue weighted by Gasteiger charge is 2.66. The second-order valence-electron chi connectivity index (χ2n) is 11.0. The minimum absolute atomic E-state index is 0.121. The van der Waals surface area contributed by atoms with Crippen LogP contribution in [0.25, 0.3) is 0 Å². The Bertz CT molecular complexity index is 613. The first-order valence-electron chi connectivity index (χ1n) is 12.2. The summed E-state index contributed by atoms with van der Waals surface area (Å²) in [6.07, 6.45) is 12.9. The summed E-state index contributed by atoms with van der Waals surface area (Å²) in [6, 6.07) is 0. The van der Waals surface area contributed by atoms with Gasteiger partial charge in [0.2, 0.25) is 17.5 Å². The first-order valence-corrected chi connectivity index (χ1v) is 12.2. The third kappa shape index (κ3) is 3.54. The van der Waals surface area contributed by atoms with E-state index in [1.54, 1.807) is 0 Å². The van der Waals surface area contributed by atoms with Gasteiger partial charge in [0.1, 0.15) is 0 Å². The van der Waals surface area contributed by atoms with E-state index in [0.717, 1.165) is 56.5 Å². The summed E-state index contributed by atoms with van der Waals surface area (Å²) in [5.74, 6) is 3.28. The van der Waals surface area contributed by atoms with Crippen molar-refractivity contribution >= 4 is 5.91 Å². The van der Waals surface area contributed by atoms with E-state index in [1.165, 1.54) is 44.9 Å². The number of nitrogens with one attached hydrogen (secondary N) is 2. The van der Waals surface area contributed by atoms with Crippen molar-refractivity contribution in [2.45, 2.75) is 82.2 Å². The van der Waals surface area contributed by atoms with Crippen molar-refractivity contribution in [3.8, 4) is 0 Å². The Labute approximate surface area is 173 Å². The molecule has 7 aliphatic rings. The van der Waals surface area contributed by atoms with Crippen LogP contribution in [0.3, 0.4) is 0 Å². The first kappa shape index (κ1) is 19.0. The summed E-state index contributed by atoms with van der Waals surface area (Å²) in [6.45, 7) is 2.19. The molecular weight excluding hydrogens is 368 g/mol. The number of hydrogen-bond donors (Lipinski definition) is 2. The molecule has 6 saturated carbocycles. The number of carbonyl (C=O) groups is 1. The highest BCUT2D eigenvalue weighted by atomic mass is 17.3. The maximum absolute atomic E-state index is 12.0. The lowest BCUT2D eigenvalue weighted by atomic mass is 9.53. The molecule has 1 aliphatic heterocycles. The van der Waals surface area contributed by atoms with Crippen molar-refractivity contribution in [2.75, 3.05) is 19.6 Å². The van der Waals surface area contributed by atoms with Gasteiger partial charge in [-0.25, -0.2) is 0 Å². The third-order valence-corrected chi connectivity index (χ3v) is 8.82. The van der Waals surface area contributed by atoms with Crippen molar-refractivity contribution in [1.82, 2.24) is 10.6 Å². The highest BCUT2D eigenvalue weighted by molar-refractivity contribution is 5.77. The monoisotopic (exact) mass is 404 g/mol. The minimum atomic E-state index is -0.540. The molecule has 1 amide bonds. The number of ether oxygens (including phenoxy) is 1. The van der Waals surface area contributed by atoms with E-state index in [-0.39, 0.29) is 5.91 Å². The normalized spacial score (nSPS) is 47.9. The average molecular weight is 405 g/mol. The number of hydrogen-bond acceptors (Lipinski definition) is 5. The van der Waals surface area contributed by atoms with Gasteiger partial charge in [-0.2, -0.15) is 9.78 Å². The molecule has 0 aromatic heterocycles. The maximum atomic E-state index is 12.0. The Balaban J connectivity index is 0.986. The van der Waals surface area contributed by atoms with E-state index < -0.39 is 11.6 Å². The molecule has 6 heteroatoms. The molecule has 0 atom stereocenters. The predicted octanol–water partition coefficient (Wildman–Crippen LogP) is 3.12. The van der Waals surface area contributed by atoms with Gasteiger partial charge in [0.05, 0.1) is 6.54 Å². The standard InChI is InChI=1S/C23H36N2O4/c26-21(14-24-12-15-1-2-15)25-13-16-3-5-22(6-4-16)27-23(29-28-22)19-8-17-7-18(10-19)11-20(23)9-17/h15-20,24H,1-14H2,(H,25,26)/t16-,17?,18?,19?,20?,22+,23-. The van der Waals surface area contributed by atoms with Gasteiger partial charge in [0.15, 0.2) is 0 Å². The smallest absolute Gasteiger partial charge is 0.233 e. The van der Waals surface area contributed by atoms with Crippen LogP contribution in [0.2, 0.25) is 0 Å². The molecule has 7 fully saturated rings. The average Bonchev–Trinajstić information content (AvgIpc) is 3.46. The van der Waals surface area contributed by atoms with Crippen molar-refractivity contribution in [3.63, 3.8) is 0 Å². The zero-order valence-electron chi connectivity index (χ0n) is 17.5. The molecule has 6 aliphatic carbocycles. The van der Waals surface area contributed by atoms with Crippen LogP contribution in [0.1, 0.15) is 70.6 Å². The molecule has 2 N–H and O–H groups in total. The van der Waals surface area contributed by atoms with Gasteiger partial charge in [-0.3, -0.25) is 4.79 Å². The largest absolute Gasteiger partial charge is 0.355 e. The molecule has 7 rings (SSSR count). The minimum Gasteiger partial charge on any atom is -0.355 e. The van der Waals surface area contributed by atoms with Crippen molar-refractivity contribution < 1.29 is 19.3 Å². The van der Waals surface area contributed by atoms with Gasteiger partial charge in [-0.05, 0) is 88.0 Å². The van der Waals surface area contributed by atoms with Crippen LogP contribution in [0, 0.1) is 35.5 Å². The molecule has 4 bridgehead atoms. The number of amides is 1. The molecule has 1 saturated heterocycles. The maximum Gasteiger partial charge on any atom is 0.233 e.